The van der Waals surface area contributed by atoms with Gasteiger partial charge < -0.3 is 19.5 Å². The van der Waals surface area contributed by atoms with Crippen LogP contribution in [0.4, 0.5) is 0 Å². The number of guanidine groups is 1. The van der Waals surface area contributed by atoms with E-state index in [0.29, 0.717) is 12.0 Å². The fourth-order valence-corrected chi connectivity index (χ4v) is 3.32. The Balaban J connectivity index is 1.68. The van der Waals surface area contributed by atoms with Gasteiger partial charge in [0, 0.05) is 38.2 Å². The third kappa shape index (κ3) is 3.09. The minimum atomic E-state index is 0.347. The average molecular weight is 306 g/mol. The molecule has 0 aromatic carbocycles. The van der Waals surface area contributed by atoms with Gasteiger partial charge in [-0.25, -0.2) is 4.99 Å². The van der Waals surface area contributed by atoms with E-state index >= 15 is 0 Å². The molecule has 3 rings (SSSR count). The molecule has 1 aromatic rings. The molecule has 0 saturated carbocycles. The van der Waals surface area contributed by atoms with E-state index in [-0.39, 0.29) is 0 Å². The molecule has 3 heterocycles. The Bertz CT molecular complexity index is 520. The van der Waals surface area contributed by atoms with Gasteiger partial charge in [-0.1, -0.05) is 0 Å². The van der Waals surface area contributed by atoms with Gasteiger partial charge in [-0.2, -0.15) is 0 Å². The molecule has 2 aliphatic heterocycles. The molecule has 0 aliphatic carbocycles. The predicted octanol–water partition coefficient (Wildman–Crippen LogP) is 0.876. The van der Waals surface area contributed by atoms with E-state index < -0.39 is 0 Å². The van der Waals surface area contributed by atoms with Crippen molar-refractivity contribution in [1.82, 2.24) is 25.0 Å². The van der Waals surface area contributed by atoms with E-state index in [1.54, 1.807) is 6.33 Å². The van der Waals surface area contributed by atoms with Crippen LogP contribution >= 0.6 is 0 Å². The second-order valence-electron chi connectivity index (χ2n) is 6.18. The summed E-state index contributed by atoms with van der Waals surface area (Å²) in [7, 11) is 0. The zero-order valence-corrected chi connectivity index (χ0v) is 13.6. The summed E-state index contributed by atoms with van der Waals surface area (Å²) in [5, 5.41) is 11.5. The minimum Gasteiger partial charge on any atom is -0.381 e. The number of nitrogens with zero attached hydrogens (tertiary/aromatic N) is 5. The lowest BCUT2D eigenvalue weighted by molar-refractivity contribution is 0.156. The summed E-state index contributed by atoms with van der Waals surface area (Å²) in [5.41, 5.74) is 0.347. The van der Waals surface area contributed by atoms with Gasteiger partial charge in [0.2, 0.25) is 0 Å². The molecule has 1 spiro atoms. The lowest BCUT2D eigenvalue weighted by Crippen LogP contribution is -2.41. The average Bonchev–Trinajstić information content (AvgIpc) is 3.26. The van der Waals surface area contributed by atoms with Gasteiger partial charge in [0.15, 0.2) is 11.8 Å². The fourth-order valence-electron chi connectivity index (χ4n) is 3.32. The number of hydrogen-bond acceptors (Lipinski definition) is 4. The Morgan fingerprint density at radius 2 is 2.36 bits per heavy atom. The van der Waals surface area contributed by atoms with Crippen LogP contribution in [-0.2, 0) is 17.8 Å². The first-order valence-corrected chi connectivity index (χ1v) is 8.24. The van der Waals surface area contributed by atoms with Crippen LogP contribution < -0.4 is 5.32 Å². The van der Waals surface area contributed by atoms with Gasteiger partial charge in [-0.3, -0.25) is 0 Å². The number of nitrogens with one attached hydrogen (secondary N) is 1. The first kappa shape index (κ1) is 15.3. The van der Waals surface area contributed by atoms with Crippen molar-refractivity contribution in [2.24, 2.45) is 10.4 Å². The molecule has 2 aliphatic rings. The molecule has 2 fully saturated rings. The van der Waals surface area contributed by atoms with Crippen molar-refractivity contribution in [2.75, 3.05) is 32.8 Å². The van der Waals surface area contributed by atoms with Gasteiger partial charge >= 0.3 is 0 Å². The molecular formula is C15H26N6O. The Hall–Kier alpha value is -1.63. The molecule has 22 heavy (non-hydrogen) atoms. The van der Waals surface area contributed by atoms with Crippen molar-refractivity contribution in [1.29, 1.82) is 0 Å². The second kappa shape index (κ2) is 6.64. The minimum absolute atomic E-state index is 0.347. The maximum absolute atomic E-state index is 5.61. The topological polar surface area (TPSA) is 67.6 Å². The molecular weight excluding hydrogens is 280 g/mol. The first-order chi connectivity index (χ1) is 10.8. The maximum atomic E-state index is 5.61. The Kier molecular flexibility index (Phi) is 4.61. The molecule has 2 saturated heterocycles. The van der Waals surface area contributed by atoms with E-state index in [1.165, 1.54) is 12.8 Å². The summed E-state index contributed by atoms with van der Waals surface area (Å²) in [6.45, 7) is 10.4. The number of hydrogen-bond donors (Lipinski definition) is 1. The van der Waals surface area contributed by atoms with Crippen molar-refractivity contribution < 1.29 is 4.74 Å². The van der Waals surface area contributed by atoms with Crippen molar-refractivity contribution in [2.45, 2.75) is 39.8 Å². The highest BCUT2D eigenvalue weighted by Gasteiger charge is 2.42. The molecule has 0 bridgehead atoms. The molecule has 7 heteroatoms. The van der Waals surface area contributed by atoms with Crippen LogP contribution in [0, 0.1) is 5.41 Å². The molecule has 0 amide bonds. The van der Waals surface area contributed by atoms with Gasteiger partial charge in [0.25, 0.3) is 0 Å². The standard InChI is InChI=1S/C15H26N6O/c1-3-16-14(17-9-13-19-18-12-20(13)4-2)21-7-5-15(10-21)6-8-22-11-15/h12H,3-11H2,1-2H3,(H,16,17). The summed E-state index contributed by atoms with van der Waals surface area (Å²) >= 11 is 0. The largest absolute Gasteiger partial charge is 0.381 e. The van der Waals surface area contributed by atoms with Crippen LogP contribution in [0.15, 0.2) is 11.3 Å². The lowest BCUT2D eigenvalue weighted by Gasteiger charge is -2.24. The summed E-state index contributed by atoms with van der Waals surface area (Å²) in [4.78, 5) is 7.13. The highest BCUT2D eigenvalue weighted by Crippen LogP contribution is 2.38. The fraction of sp³-hybridized carbons (Fsp3) is 0.800. The molecule has 1 aromatic heterocycles. The Morgan fingerprint density at radius 1 is 1.45 bits per heavy atom. The first-order valence-electron chi connectivity index (χ1n) is 8.24. The van der Waals surface area contributed by atoms with E-state index in [9.17, 15) is 0 Å². The maximum Gasteiger partial charge on any atom is 0.194 e. The van der Waals surface area contributed by atoms with Gasteiger partial charge in [-0.15, -0.1) is 10.2 Å². The molecule has 1 unspecified atom stereocenters. The predicted molar refractivity (Wildman–Crippen MR) is 84.6 cm³/mol. The Labute approximate surface area is 131 Å². The van der Waals surface area contributed by atoms with Crippen molar-refractivity contribution >= 4 is 5.96 Å². The number of aliphatic imine (C=N–C) groups is 1. The molecule has 1 N–H and O–H groups in total. The molecule has 0 radical (unpaired) electrons. The zero-order chi connectivity index (χ0) is 15.4. The van der Waals surface area contributed by atoms with Crippen LogP contribution in [0.2, 0.25) is 0 Å². The van der Waals surface area contributed by atoms with E-state index in [1.807, 2.05) is 4.57 Å². The van der Waals surface area contributed by atoms with E-state index in [2.05, 4.69) is 34.3 Å². The SMILES string of the molecule is CCNC(=NCc1nncn1CC)N1CCC2(CCOC2)C1. The quantitative estimate of drug-likeness (QED) is 0.660. The van der Waals surface area contributed by atoms with Crippen LogP contribution in [0.25, 0.3) is 0 Å². The lowest BCUT2D eigenvalue weighted by atomic mass is 9.87. The zero-order valence-electron chi connectivity index (χ0n) is 13.6. The number of aromatic nitrogens is 3. The third-order valence-corrected chi connectivity index (χ3v) is 4.66. The summed E-state index contributed by atoms with van der Waals surface area (Å²) in [6, 6.07) is 0. The van der Waals surface area contributed by atoms with Crippen molar-refractivity contribution in [3.8, 4) is 0 Å². The van der Waals surface area contributed by atoms with Gasteiger partial charge in [0.05, 0.1) is 6.61 Å². The van der Waals surface area contributed by atoms with E-state index in [4.69, 9.17) is 9.73 Å². The normalized spacial score (nSPS) is 25.4. The highest BCUT2D eigenvalue weighted by atomic mass is 16.5. The van der Waals surface area contributed by atoms with Crippen LogP contribution in [-0.4, -0.2) is 58.5 Å². The Morgan fingerprint density at radius 3 is 3.09 bits per heavy atom. The molecule has 1 atom stereocenters. The van der Waals surface area contributed by atoms with Crippen molar-refractivity contribution in [3.63, 3.8) is 0 Å². The number of likely N-dealkylation sites (tertiary alicyclic amines) is 1. The molecule has 7 nitrogen and oxygen atoms in total. The molecule has 122 valence electrons. The smallest absolute Gasteiger partial charge is 0.194 e. The second-order valence-corrected chi connectivity index (χ2v) is 6.18. The van der Waals surface area contributed by atoms with Crippen LogP contribution in [0.1, 0.15) is 32.5 Å². The van der Waals surface area contributed by atoms with Gasteiger partial charge in [-0.05, 0) is 26.7 Å². The number of ether oxygens (including phenoxy) is 1. The summed E-state index contributed by atoms with van der Waals surface area (Å²) in [5.74, 6) is 1.90. The number of rotatable bonds is 4. The van der Waals surface area contributed by atoms with Crippen LogP contribution in [0.5, 0.6) is 0 Å². The third-order valence-electron chi connectivity index (χ3n) is 4.66. The number of aryl methyl sites for hydroxylation is 1. The van der Waals surface area contributed by atoms with Gasteiger partial charge in [0.1, 0.15) is 12.9 Å². The monoisotopic (exact) mass is 306 g/mol. The van der Waals surface area contributed by atoms with Crippen molar-refractivity contribution in [3.05, 3.63) is 12.2 Å². The summed E-state index contributed by atoms with van der Waals surface area (Å²) in [6.07, 6.45) is 4.13. The van der Waals surface area contributed by atoms with Crippen LogP contribution in [0.3, 0.4) is 0 Å². The van der Waals surface area contributed by atoms with E-state index in [0.717, 1.165) is 51.2 Å². The summed E-state index contributed by atoms with van der Waals surface area (Å²) < 4.78 is 7.64. The highest BCUT2D eigenvalue weighted by molar-refractivity contribution is 5.80.